The minimum absolute atomic E-state index is 0.0111. The minimum Gasteiger partial charge on any atom is -0.340 e. The fourth-order valence-corrected chi connectivity index (χ4v) is 3.16. The Balaban J connectivity index is 1.88. The maximum absolute atomic E-state index is 12.7. The lowest BCUT2D eigenvalue weighted by atomic mass is 9.86. The van der Waals surface area contributed by atoms with E-state index in [4.69, 9.17) is 0 Å². The van der Waals surface area contributed by atoms with E-state index in [9.17, 15) is 4.79 Å². The molecule has 2 N–H and O–H groups in total. The Morgan fingerprint density at radius 2 is 2.05 bits per heavy atom. The summed E-state index contributed by atoms with van der Waals surface area (Å²) >= 11 is 0. The highest BCUT2D eigenvalue weighted by Crippen LogP contribution is 2.28. The van der Waals surface area contributed by atoms with Gasteiger partial charge in [-0.25, -0.2) is 0 Å². The van der Waals surface area contributed by atoms with E-state index in [1.165, 1.54) is 16.7 Å². The van der Waals surface area contributed by atoms with E-state index in [-0.39, 0.29) is 11.8 Å². The van der Waals surface area contributed by atoms with Crippen molar-refractivity contribution in [3.63, 3.8) is 0 Å². The lowest BCUT2D eigenvalue weighted by Gasteiger charge is -2.34. The third-order valence-electron chi connectivity index (χ3n) is 4.15. The van der Waals surface area contributed by atoms with Crippen LogP contribution in [0.2, 0.25) is 0 Å². The molecule has 1 aromatic carbocycles. The monoisotopic (exact) mass is 259 g/mol. The Kier molecular flexibility index (Phi) is 3.53. The summed E-state index contributed by atoms with van der Waals surface area (Å²) in [5.74, 6) is 0.271. The minimum atomic E-state index is -0.0111. The molecule has 4 nitrogen and oxygen atoms in total. The molecular weight excluding hydrogens is 238 g/mol. The molecule has 3 rings (SSSR count). The van der Waals surface area contributed by atoms with Crippen LogP contribution in [0.15, 0.2) is 18.2 Å². The maximum atomic E-state index is 12.7. The first-order valence-electron chi connectivity index (χ1n) is 7.06. The second-order valence-corrected chi connectivity index (χ2v) is 5.41. The summed E-state index contributed by atoms with van der Waals surface area (Å²) in [5, 5.41) is 6.67. The number of benzene rings is 1. The summed E-state index contributed by atoms with van der Waals surface area (Å²) in [7, 11) is 0. The number of fused-ring (bicyclic) bond motifs is 1. The molecule has 1 fully saturated rings. The van der Waals surface area contributed by atoms with E-state index in [1.807, 2.05) is 4.90 Å². The Hall–Kier alpha value is -1.39. The first-order valence-corrected chi connectivity index (χ1v) is 7.06. The van der Waals surface area contributed by atoms with Gasteiger partial charge in [0.2, 0.25) is 5.91 Å². The quantitative estimate of drug-likeness (QED) is 0.777. The van der Waals surface area contributed by atoms with Crippen LogP contribution in [0.25, 0.3) is 0 Å². The number of rotatable bonds is 1. The summed E-state index contributed by atoms with van der Waals surface area (Å²) in [5.41, 5.74) is 3.78. The van der Waals surface area contributed by atoms with E-state index in [0.717, 1.165) is 39.3 Å². The van der Waals surface area contributed by atoms with Crippen LogP contribution in [0.3, 0.4) is 0 Å². The molecule has 4 heteroatoms. The van der Waals surface area contributed by atoms with Gasteiger partial charge in [-0.1, -0.05) is 18.2 Å². The first kappa shape index (κ1) is 12.6. The van der Waals surface area contributed by atoms with Crippen LogP contribution >= 0.6 is 0 Å². The highest BCUT2D eigenvalue weighted by atomic mass is 16.2. The molecule has 2 heterocycles. The number of piperazine rings is 1. The molecule has 0 bridgehead atoms. The molecule has 0 aliphatic carbocycles. The Morgan fingerprint density at radius 1 is 1.26 bits per heavy atom. The molecule has 102 valence electrons. The van der Waals surface area contributed by atoms with Crippen molar-refractivity contribution in [2.24, 2.45) is 0 Å². The lowest BCUT2D eigenvalue weighted by Crippen LogP contribution is -2.50. The number of nitrogens with one attached hydrogen (secondary N) is 2. The third kappa shape index (κ3) is 2.38. The van der Waals surface area contributed by atoms with Crippen LogP contribution in [0.5, 0.6) is 0 Å². The Morgan fingerprint density at radius 3 is 2.84 bits per heavy atom. The topological polar surface area (TPSA) is 44.4 Å². The zero-order valence-corrected chi connectivity index (χ0v) is 11.4. The SMILES string of the molecule is Cc1cccc2c1C(C(=O)N1CCNCC1)CNC2. The number of amides is 1. The van der Waals surface area contributed by atoms with Gasteiger partial charge in [0.1, 0.15) is 0 Å². The molecule has 0 radical (unpaired) electrons. The summed E-state index contributed by atoms with van der Waals surface area (Å²) in [6, 6.07) is 6.32. The summed E-state index contributed by atoms with van der Waals surface area (Å²) in [6.07, 6.45) is 0. The summed E-state index contributed by atoms with van der Waals surface area (Å²) in [6.45, 7) is 7.23. The molecule has 2 aliphatic heterocycles. The van der Waals surface area contributed by atoms with Gasteiger partial charge >= 0.3 is 0 Å². The largest absolute Gasteiger partial charge is 0.340 e. The molecule has 1 amide bonds. The van der Waals surface area contributed by atoms with Crippen LogP contribution in [-0.2, 0) is 11.3 Å². The molecular formula is C15H21N3O. The molecule has 0 spiro atoms. The number of hydrogen-bond acceptors (Lipinski definition) is 3. The number of hydrogen-bond donors (Lipinski definition) is 2. The van der Waals surface area contributed by atoms with Gasteiger partial charge in [0.25, 0.3) is 0 Å². The van der Waals surface area contributed by atoms with Crippen LogP contribution in [0.4, 0.5) is 0 Å². The van der Waals surface area contributed by atoms with Crippen molar-refractivity contribution in [1.82, 2.24) is 15.5 Å². The fraction of sp³-hybridized carbons (Fsp3) is 0.533. The second-order valence-electron chi connectivity index (χ2n) is 5.41. The van der Waals surface area contributed by atoms with Gasteiger partial charge in [-0.2, -0.15) is 0 Å². The van der Waals surface area contributed by atoms with Gasteiger partial charge in [0, 0.05) is 39.3 Å². The zero-order valence-electron chi connectivity index (χ0n) is 11.4. The fourth-order valence-electron chi connectivity index (χ4n) is 3.16. The van der Waals surface area contributed by atoms with Crippen LogP contribution < -0.4 is 10.6 Å². The molecule has 0 aromatic heterocycles. The second kappa shape index (κ2) is 5.31. The predicted octanol–water partition coefficient (Wildman–Crippen LogP) is 0.614. The van der Waals surface area contributed by atoms with Crippen molar-refractivity contribution in [2.45, 2.75) is 19.4 Å². The number of carbonyl (C=O) groups excluding carboxylic acids is 1. The predicted molar refractivity (Wildman–Crippen MR) is 75.1 cm³/mol. The molecule has 1 aromatic rings. The molecule has 1 atom stereocenters. The van der Waals surface area contributed by atoms with Gasteiger partial charge in [-0.15, -0.1) is 0 Å². The van der Waals surface area contributed by atoms with Crippen molar-refractivity contribution >= 4 is 5.91 Å². The van der Waals surface area contributed by atoms with E-state index < -0.39 is 0 Å². The molecule has 19 heavy (non-hydrogen) atoms. The van der Waals surface area contributed by atoms with E-state index in [2.05, 4.69) is 35.8 Å². The number of carbonyl (C=O) groups is 1. The van der Waals surface area contributed by atoms with Crippen LogP contribution in [0.1, 0.15) is 22.6 Å². The van der Waals surface area contributed by atoms with Crippen molar-refractivity contribution in [1.29, 1.82) is 0 Å². The average molecular weight is 259 g/mol. The number of aryl methyl sites for hydroxylation is 1. The van der Waals surface area contributed by atoms with Crippen LogP contribution in [-0.4, -0.2) is 43.5 Å². The molecule has 0 saturated carbocycles. The normalized spacial score (nSPS) is 23.0. The van der Waals surface area contributed by atoms with Gasteiger partial charge in [-0.3, -0.25) is 4.79 Å². The number of nitrogens with zero attached hydrogens (tertiary/aromatic N) is 1. The Bertz CT molecular complexity index is 480. The van der Waals surface area contributed by atoms with Gasteiger partial charge in [0.05, 0.1) is 5.92 Å². The van der Waals surface area contributed by atoms with Crippen molar-refractivity contribution in [3.8, 4) is 0 Å². The van der Waals surface area contributed by atoms with Gasteiger partial charge < -0.3 is 15.5 Å². The molecule has 2 aliphatic rings. The highest BCUT2D eigenvalue weighted by Gasteiger charge is 2.31. The third-order valence-corrected chi connectivity index (χ3v) is 4.15. The van der Waals surface area contributed by atoms with E-state index >= 15 is 0 Å². The van der Waals surface area contributed by atoms with Crippen molar-refractivity contribution in [3.05, 3.63) is 34.9 Å². The van der Waals surface area contributed by atoms with Crippen molar-refractivity contribution in [2.75, 3.05) is 32.7 Å². The van der Waals surface area contributed by atoms with Crippen LogP contribution in [0, 0.1) is 6.92 Å². The first-order chi connectivity index (χ1) is 9.27. The average Bonchev–Trinajstić information content (AvgIpc) is 2.47. The maximum Gasteiger partial charge on any atom is 0.231 e. The summed E-state index contributed by atoms with van der Waals surface area (Å²) < 4.78 is 0. The smallest absolute Gasteiger partial charge is 0.231 e. The van der Waals surface area contributed by atoms with E-state index in [1.54, 1.807) is 0 Å². The highest BCUT2D eigenvalue weighted by molar-refractivity contribution is 5.85. The van der Waals surface area contributed by atoms with Gasteiger partial charge in [-0.05, 0) is 23.6 Å². The summed E-state index contributed by atoms with van der Waals surface area (Å²) in [4.78, 5) is 14.7. The van der Waals surface area contributed by atoms with Gasteiger partial charge in [0.15, 0.2) is 0 Å². The van der Waals surface area contributed by atoms with E-state index in [0.29, 0.717) is 0 Å². The molecule has 1 unspecified atom stereocenters. The Labute approximate surface area is 114 Å². The van der Waals surface area contributed by atoms with Crippen molar-refractivity contribution < 1.29 is 4.79 Å². The lowest BCUT2D eigenvalue weighted by molar-refractivity contribution is -0.133. The standard InChI is InChI=1S/C15H21N3O/c1-11-3-2-4-12-9-17-10-13(14(11)12)15(19)18-7-5-16-6-8-18/h2-4,13,16-17H,5-10H2,1H3. The molecule has 1 saturated heterocycles. The zero-order chi connectivity index (χ0) is 13.2.